The van der Waals surface area contributed by atoms with E-state index in [4.69, 9.17) is 5.73 Å². The predicted octanol–water partition coefficient (Wildman–Crippen LogP) is 1.20. The van der Waals surface area contributed by atoms with Crippen molar-refractivity contribution in [2.24, 2.45) is 5.73 Å². The molecule has 0 amide bonds. The Morgan fingerprint density at radius 2 is 2.15 bits per heavy atom. The molecule has 1 rings (SSSR count). The highest BCUT2D eigenvalue weighted by Crippen LogP contribution is 2.22. The highest BCUT2D eigenvalue weighted by Gasteiger charge is 2.12. The number of aliphatic hydroxyl groups is 1. The Balaban J connectivity index is 3.04. The highest BCUT2D eigenvalue weighted by molar-refractivity contribution is 5.28. The fourth-order valence-corrected chi connectivity index (χ4v) is 1.35. The summed E-state index contributed by atoms with van der Waals surface area (Å²) < 4.78 is 0. The molecule has 0 saturated carbocycles. The molecule has 72 valence electrons. The van der Waals surface area contributed by atoms with Crippen LogP contribution in [0.3, 0.4) is 0 Å². The normalized spacial score (nSPS) is 13.3. The molecular formula is C10H16N2O. The lowest BCUT2D eigenvalue weighted by molar-refractivity contribution is 0.185. The van der Waals surface area contributed by atoms with Gasteiger partial charge in [-0.15, -0.1) is 0 Å². The van der Waals surface area contributed by atoms with Gasteiger partial charge in [-0.1, -0.05) is 13.8 Å². The smallest absolute Gasteiger partial charge is 0.0929 e. The Bertz CT molecular complexity index is 273. The molecule has 0 aliphatic carbocycles. The van der Waals surface area contributed by atoms with E-state index < -0.39 is 6.10 Å². The van der Waals surface area contributed by atoms with E-state index in [0.29, 0.717) is 5.92 Å². The molecule has 0 radical (unpaired) electrons. The van der Waals surface area contributed by atoms with Crippen molar-refractivity contribution in [2.75, 3.05) is 6.54 Å². The Labute approximate surface area is 78.6 Å². The fraction of sp³-hybridized carbons (Fsp3) is 0.500. The second-order valence-electron chi connectivity index (χ2n) is 3.41. The maximum atomic E-state index is 9.59. The molecule has 3 N–H and O–H groups in total. The van der Waals surface area contributed by atoms with E-state index in [-0.39, 0.29) is 6.54 Å². The average molecular weight is 180 g/mol. The van der Waals surface area contributed by atoms with E-state index in [0.717, 1.165) is 11.1 Å². The number of aromatic nitrogens is 1. The summed E-state index contributed by atoms with van der Waals surface area (Å²) >= 11 is 0. The second kappa shape index (κ2) is 4.35. The predicted molar refractivity (Wildman–Crippen MR) is 52.3 cm³/mol. The van der Waals surface area contributed by atoms with Gasteiger partial charge in [0, 0.05) is 24.5 Å². The molecule has 1 unspecified atom stereocenters. The monoisotopic (exact) mass is 180 g/mol. The molecule has 1 heterocycles. The molecule has 13 heavy (non-hydrogen) atoms. The van der Waals surface area contributed by atoms with Gasteiger partial charge in [0.05, 0.1) is 6.10 Å². The van der Waals surface area contributed by atoms with Crippen molar-refractivity contribution in [2.45, 2.75) is 25.9 Å². The van der Waals surface area contributed by atoms with Gasteiger partial charge in [-0.25, -0.2) is 0 Å². The zero-order chi connectivity index (χ0) is 9.84. The lowest BCUT2D eigenvalue weighted by Gasteiger charge is -2.15. The molecule has 0 aliphatic rings. The quantitative estimate of drug-likeness (QED) is 0.734. The van der Waals surface area contributed by atoms with Crippen LogP contribution in [0, 0.1) is 0 Å². The van der Waals surface area contributed by atoms with E-state index in [1.807, 2.05) is 6.07 Å². The van der Waals surface area contributed by atoms with Crippen molar-refractivity contribution in [1.29, 1.82) is 0 Å². The molecule has 0 spiro atoms. The largest absolute Gasteiger partial charge is 0.387 e. The fourth-order valence-electron chi connectivity index (χ4n) is 1.35. The number of hydrogen-bond acceptors (Lipinski definition) is 3. The molecule has 1 aromatic rings. The number of nitrogens with zero attached hydrogens (tertiary/aromatic N) is 1. The van der Waals surface area contributed by atoms with Gasteiger partial charge >= 0.3 is 0 Å². The number of nitrogens with two attached hydrogens (primary N) is 1. The topological polar surface area (TPSA) is 59.1 Å². The summed E-state index contributed by atoms with van der Waals surface area (Å²) in [4.78, 5) is 3.98. The number of rotatable bonds is 3. The van der Waals surface area contributed by atoms with Crippen molar-refractivity contribution >= 4 is 0 Å². The van der Waals surface area contributed by atoms with Gasteiger partial charge in [0.15, 0.2) is 0 Å². The molecule has 1 atom stereocenters. The Morgan fingerprint density at radius 3 is 2.69 bits per heavy atom. The van der Waals surface area contributed by atoms with E-state index in [1.165, 1.54) is 0 Å². The number of hydrogen-bond donors (Lipinski definition) is 2. The summed E-state index contributed by atoms with van der Waals surface area (Å²) in [5.74, 6) is 0.388. The Hall–Kier alpha value is -0.930. The summed E-state index contributed by atoms with van der Waals surface area (Å²) in [6, 6.07) is 1.93. The van der Waals surface area contributed by atoms with Crippen LogP contribution < -0.4 is 5.73 Å². The molecule has 1 aromatic heterocycles. The minimum absolute atomic E-state index is 0.241. The van der Waals surface area contributed by atoms with Crippen molar-refractivity contribution < 1.29 is 5.11 Å². The minimum Gasteiger partial charge on any atom is -0.387 e. The molecular weight excluding hydrogens is 164 g/mol. The molecule has 0 aromatic carbocycles. The third-order valence-corrected chi connectivity index (χ3v) is 2.09. The first kappa shape index (κ1) is 10.2. The molecule has 0 fully saturated rings. The first-order valence-corrected chi connectivity index (χ1v) is 4.48. The molecule has 0 saturated heterocycles. The van der Waals surface area contributed by atoms with Crippen molar-refractivity contribution in [3.8, 4) is 0 Å². The van der Waals surface area contributed by atoms with Gasteiger partial charge in [0.25, 0.3) is 0 Å². The van der Waals surface area contributed by atoms with Gasteiger partial charge in [0.1, 0.15) is 0 Å². The summed E-state index contributed by atoms with van der Waals surface area (Å²) in [6.07, 6.45) is 2.83. The zero-order valence-electron chi connectivity index (χ0n) is 8.07. The summed E-state index contributed by atoms with van der Waals surface area (Å²) in [7, 11) is 0. The highest BCUT2D eigenvalue weighted by atomic mass is 16.3. The van der Waals surface area contributed by atoms with Crippen molar-refractivity contribution in [1.82, 2.24) is 4.98 Å². The zero-order valence-corrected chi connectivity index (χ0v) is 8.07. The van der Waals surface area contributed by atoms with Crippen molar-refractivity contribution in [3.63, 3.8) is 0 Å². The first-order valence-electron chi connectivity index (χ1n) is 4.48. The van der Waals surface area contributed by atoms with Crippen LogP contribution in [0.5, 0.6) is 0 Å². The molecule has 0 bridgehead atoms. The molecule has 3 heteroatoms. The second-order valence-corrected chi connectivity index (χ2v) is 3.41. The lowest BCUT2D eigenvalue weighted by atomic mass is 9.96. The van der Waals surface area contributed by atoms with Crippen molar-refractivity contribution in [3.05, 3.63) is 29.6 Å². The maximum absolute atomic E-state index is 9.59. The third-order valence-electron chi connectivity index (χ3n) is 2.09. The summed E-state index contributed by atoms with van der Waals surface area (Å²) in [6.45, 7) is 4.41. The Kier molecular flexibility index (Phi) is 3.39. The average Bonchev–Trinajstić information content (AvgIpc) is 2.16. The lowest BCUT2D eigenvalue weighted by Crippen LogP contribution is -2.14. The van der Waals surface area contributed by atoms with Crippen LogP contribution in [-0.2, 0) is 0 Å². The van der Waals surface area contributed by atoms with Gasteiger partial charge in [-0.3, -0.25) is 4.98 Å². The Morgan fingerprint density at radius 1 is 1.46 bits per heavy atom. The van der Waals surface area contributed by atoms with E-state index in [9.17, 15) is 5.11 Å². The molecule has 0 aliphatic heterocycles. The maximum Gasteiger partial charge on any atom is 0.0929 e. The van der Waals surface area contributed by atoms with Crippen LogP contribution in [-0.4, -0.2) is 16.6 Å². The van der Waals surface area contributed by atoms with Gasteiger partial charge < -0.3 is 10.8 Å². The van der Waals surface area contributed by atoms with Crippen LogP contribution in [0.25, 0.3) is 0 Å². The van der Waals surface area contributed by atoms with Crippen LogP contribution >= 0.6 is 0 Å². The van der Waals surface area contributed by atoms with E-state index in [1.54, 1.807) is 12.4 Å². The third kappa shape index (κ3) is 2.26. The van der Waals surface area contributed by atoms with E-state index >= 15 is 0 Å². The van der Waals surface area contributed by atoms with E-state index in [2.05, 4.69) is 18.8 Å². The number of pyridine rings is 1. The minimum atomic E-state index is -0.592. The van der Waals surface area contributed by atoms with Crippen LogP contribution in [0.2, 0.25) is 0 Å². The summed E-state index contributed by atoms with van der Waals surface area (Å²) in [5, 5.41) is 9.59. The van der Waals surface area contributed by atoms with Crippen LogP contribution in [0.1, 0.15) is 37.0 Å². The van der Waals surface area contributed by atoms with Gasteiger partial charge in [0.2, 0.25) is 0 Å². The first-order chi connectivity index (χ1) is 6.16. The van der Waals surface area contributed by atoms with Crippen LogP contribution in [0.4, 0.5) is 0 Å². The number of aliphatic hydroxyl groups excluding tert-OH is 1. The molecule has 3 nitrogen and oxygen atoms in total. The SMILES string of the molecule is CC(C)c1ccncc1C(O)CN. The standard InChI is InChI=1S/C10H16N2O/c1-7(2)8-3-4-12-6-9(8)10(13)5-11/h3-4,6-7,10,13H,5,11H2,1-2H3. The van der Waals surface area contributed by atoms with Gasteiger partial charge in [-0.05, 0) is 17.5 Å². The van der Waals surface area contributed by atoms with Gasteiger partial charge in [-0.2, -0.15) is 0 Å². The van der Waals surface area contributed by atoms with Crippen LogP contribution in [0.15, 0.2) is 18.5 Å². The summed E-state index contributed by atoms with van der Waals surface area (Å²) in [5.41, 5.74) is 7.36.